The number of nitrogens with zero attached hydrogens (tertiary/aromatic N) is 3. The number of hydrogen-bond donors (Lipinski definition) is 1. The van der Waals surface area contributed by atoms with Crippen molar-refractivity contribution in [2.75, 3.05) is 53.4 Å². The van der Waals surface area contributed by atoms with Crippen LogP contribution in [0, 0.1) is 0 Å². The number of aliphatic carboxylic acids is 1. The third kappa shape index (κ3) is 6.36. The van der Waals surface area contributed by atoms with Gasteiger partial charge < -0.3 is 14.9 Å². The summed E-state index contributed by atoms with van der Waals surface area (Å²) in [5.41, 5.74) is 0. The highest BCUT2D eigenvalue weighted by Crippen LogP contribution is 2.16. The predicted molar refractivity (Wildman–Crippen MR) is 77.5 cm³/mol. The molecule has 1 rings (SSSR count). The smallest absolute Gasteiger partial charge is 0.317 e. The highest BCUT2D eigenvalue weighted by molar-refractivity contribution is 5.69. The maximum absolute atomic E-state index is 11.0. The van der Waals surface area contributed by atoms with Gasteiger partial charge in [0.15, 0.2) is 0 Å². The van der Waals surface area contributed by atoms with E-state index in [2.05, 4.69) is 21.6 Å². The van der Waals surface area contributed by atoms with E-state index in [1.807, 2.05) is 14.1 Å². The molecule has 1 fully saturated rings. The minimum absolute atomic E-state index is 0.173. The van der Waals surface area contributed by atoms with Crippen LogP contribution in [-0.4, -0.2) is 85.2 Å². The van der Waals surface area contributed by atoms with Crippen LogP contribution in [-0.2, 0) is 4.79 Å². The lowest BCUT2D eigenvalue weighted by Gasteiger charge is -2.38. The Morgan fingerprint density at radius 3 is 2.37 bits per heavy atom. The van der Waals surface area contributed by atoms with E-state index >= 15 is 0 Å². The van der Waals surface area contributed by atoms with Crippen LogP contribution in [0.1, 0.15) is 26.2 Å². The molecule has 0 aromatic heterocycles. The molecule has 1 N–H and O–H groups in total. The molecular formula is C14H29N3O2. The average molecular weight is 271 g/mol. The van der Waals surface area contributed by atoms with E-state index in [-0.39, 0.29) is 6.54 Å². The van der Waals surface area contributed by atoms with E-state index in [1.165, 1.54) is 13.0 Å². The molecule has 0 aromatic rings. The van der Waals surface area contributed by atoms with Gasteiger partial charge in [-0.2, -0.15) is 0 Å². The van der Waals surface area contributed by atoms with Gasteiger partial charge in [0.25, 0.3) is 0 Å². The first kappa shape index (κ1) is 16.4. The minimum Gasteiger partial charge on any atom is -0.480 e. The number of likely N-dealkylation sites (N-methyl/N-ethyl adjacent to an activating group) is 1. The summed E-state index contributed by atoms with van der Waals surface area (Å²) < 4.78 is 0. The summed E-state index contributed by atoms with van der Waals surface area (Å²) in [6.45, 7) is 7.53. The van der Waals surface area contributed by atoms with Gasteiger partial charge in [0.05, 0.1) is 6.54 Å². The Morgan fingerprint density at radius 2 is 1.89 bits per heavy atom. The number of carboxylic acids is 1. The Bertz CT molecular complexity index is 263. The monoisotopic (exact) mass is 271 g/mol. The zero-order chi connectivity index (χ0) is 14.3. The summed E-state index contributed by atoms with van der Waals surface area (Å²) in [5.74, 6) is -0.713. The molecule has 19 heavy (non-hydrogen) atoms. The molecule has 112 valence electrons. The Labute approximate surface area is 117 Å². The standard InChI is InChI=1S/C14H29N3O2/c1-4-7-16-8-5-13(6-9-16)17(12-14(18)19)11-10-15(2)3/h13H,4-12H2,1-3H3,(H,18,19). The third-order valence-corrected chi connectivity index (χ3v) is 3.79. The SMILES string of the molecule is CCCN1CCC(N(CCN(C)C)CC(=O)O)CC1. The summed E-state index contributed by atoms with van der Waals surface area (Å²) in [7, 11) is 4.06. The van der Waals surface area contributed by atoms with Crippen LogP contribution in [0.4, 0.5) is 0 Å². The molecule has 0 spiro atoms. The van der Waals surface area contributed by atoms with Gasteiger partial charge >= 0.3 is 5.97 Å². The molecule has 0 aromatic carbocycles. The molecule has 0 radical (unpaired) electrons. The molecule has 5 heteroatoms. The van der Waals surface area contributed by atoms with Crippen molar-refractivity contribution in [2.45, 2.75) is 32.2 Å². The van der Waals surface area contributed by atoms with Crippen LogP contribution in [0.2, 0.25) is 0 Å². The number of carbonyl (C=O) groups is 1. The number of piperidine rings is 1. The van der Waals surface area contributed by atoms with Crippen LogP contribution in [0.5, 0.6) is 0 Å². The van der Waals surface area contributed by atoms with Crippen molar-refractivity contribution in [3.05, 3.63) is 0 Å². The molecule has 0 aliphatic carbocycles. The maximum Gasteiger partial charge on any atom is 0.317 e. The lowest BCUT2D eigenvalue weighted by atomic mass is 10.0. The van der Waals surface area contributed by atoms with Crippen LogP contribution >= 0.6 is 0 Å². The van der Waals surface area contributed by atoms with Crippen molar-refractivity contribution in [3.63, 3.8) is 0 Å². The van der Waals surface area contributed by atoms with Crippen LogP contribution in [0.25, 0.3) is 0 Å². The fourth-order valence-electron chi connectivity index (χ4n) is 2.72. The fraction of sp³-hybridized carbons (Fsp3) is 0.929. The molecule has 1 saturated heterocycles. The number of hydrogen-bond acceptors (Lipinski definition) is 4. The van der Waals surface area contributed by atoms with Gasteiger partial charge in [0.1, 0.15) is 0 Å². The van der Waals surface area contributed by atoms with Crippen molar-refractivity contribution in [3.8, 4) is 0 Å². The molecule has 0 atom stereocenters. The molecule has 0 bridgehead atoms. The summed E-state index contributed by atoms with van der Waals surface area (Å²) >= 11 is 0. The maximum atomic E-state index is 11.0. The van der Waals surface area contributed by atoms with E-state index in [1.54, 1.807) is 0 Å². The van der Waals surface area contributed by atoms with Gasteiger partial charge in [-0.05, 0) is 53.0 Å². The first-order chi connectivity index (χ1) is 9.02. The topological polar surface area (TPSA) is 47.0 Å². The molecule has 0 unspecified atom stereocenters. The van der Waals surface area contributed by atoms with E-state index in [0.29, 0.717) is 6.04 Å². The van der Waals surface area contributed by atoms with Crippen molar-refractivity contribution in [1.82, 2.24) is 14.7 Å². The molecule has 5 nitrogen and oxygen atoms in total. The Morgan fingerprint density at radius 1 is 1.26 bits per heavy atom. The highest BCUT2D eigenvalue weighted by atomic mass is 16.4. The molecule has 0 amide bonds. The number of likely N-dealkylation sites (tertiary alicyclic amines) is 1. The number of carboxylic acid groups (broad SMARTS) is 1. The van der Waals surface area contributed by atoms with Gasteiger partial charge in [0, 0.05) is 19.1 Å². The highest BCUT2D eigenvalue weighted by Gasteiger charge is 2.25. The Kier molecular flexibility index (Phi) is 7.34. The predicted octanol–water partition coefficient (Wildman–Crippen LogP) is 0.809. The van der Waals surface area contributed by atoms with Crippen LogP contribution in [0.3, 0.4) is 0 Å². The van der Waals surface area contributed by atoms with Crippen LogP contribution in [0.15, 0.2) is 0 Å². The third-order valence-electron chi connectivity index (χ3n) is 3.79. The van der Waals surface area contributed by atoms with Crippen molar-refractivity contribution < 1.29 is 9.90 Å². The Hall–Kier alpha value is -0.650. The second-order valence-electron chi connectivity index (χ2n) is 5.74. The molecule has 1 aliphatic heterocycles. The second-order valence-corrected chi connectivity index (χ2v) is 5.74. The van der Waals surface area contributed by atoms with Gasteiger partial charge in [-0.3, -0.25) is 9.69 Å². The molecule has 1 aliphatic rings. The van der Waals surface area contributed by atoms with E-state index in [0.717, 1.165) is 39.0 Å². The molecule has 1 heterocycles. The molecule has 0 saturated carbocycles. The largest absolute Gasteiger partial charge is 0.480 e. The first-order valence-electron chi connectivity index (χ1n) is 7.35. The van der Waals surface area contributed by atoms with Gasteiger partial charge in [0.2, 0.25) is 0 Å². The van der Waals surface area contributed by atoms with Crippen molar-refractivity contribution in [2.24, 2.45) is 0 Å². The lowest BCUT2D eigenvalue weighted by molar-refractivity contribution is -0.139. The van der Waals surface area contributed by atoms with Crippen molar-refractivity contribution in [1.29, 1.82) is 0 Å². The summed E-state index contributed by atoms with van der Waals surface area (Å²) in [6, 6.07) is 0.434. The van der Waals surface area contributed by atoms with Gasteiger partial charge in [-0.25, -0.2) is 0 Å². The average Bonchev–Trinajstić information content (AvgIpc) is 2.35. The number of rotatable bonds is 8. The normalized spacial score (nSPS) is 18.4. The lowest BCUT2D eigenvalue weighted by Crippen LogP contribution is -2.48. The summed E-state index contributed by atoms with van der Waals surface area (Å²) in [4.78, 5) is 17.7. The minimum atomic E-state index is -0.713. The second kappa shape index (κ2) is 8.51. The zero-order valence-electron chi connectivity index (χ0n) is 12.6. The summed E-state index contributed by atoms with van der Waals surface area (Å²) in [6.07, 6.45) is 3.39. The van der Waals surface area contributed by atoms with Gasteiger partial charge in [-0.1, -0.05) is 6.92 Å². The van der Waals surface area contributed by atoms with Gasteiger partial charge in [-0.15, -0.1) is 0 Å². The van der Waals surface area contributed by atoms with E-state index in [4.69, 9.17) is 5.11 Å². The van der Waals surface area contributed by atoms with E-state index < -0.39 is 5.97 Å². The van der Waals surface area contributed by atoms with E-state index in [9.17, 15) is 4.79 Å². The first-order valence-corrected chi connectivity index (χ1v) is 7.35. The van der Waals surface area contributed by atoms with Crippen LogP contribution < -0.4 is 0 Å². The summed E-state index contributed by atoms with van der Waals surface area (Å²) in [5, 5.41) is 9.05. The Balaban J connectivity index is 2.44. The van der Waals surface area contributed by atoms with Crippen molar-refractivity contribution >= 4 is 5.97 Å². The fourth-order valence-corrected chi connectivity index (χ4v) is 2.72. The quantitative estimate of drug-likeness (QED) is 0.708. The molecular weight excluding hydrogens is 242 g/mol. The zero-order valence-corrected chi connectivity index (χ0v) is 12.6.